The van der Waals surface area contributed by atoms with Crippen LogP contribution in [0.5, 0.6) is 0 Å². The molecule has 1 atom stereocenters. The van der Waals surface area contributed by atoms with Crippen LogP contribution in [0.4, 0.5) is 0 Å². The summed E-state index contributed by atoms with van der Waals surface area (Å²) in [4.78, 5) is 16.7. The van der Waals surface area contributed by atoms with Crippen LogP contribution >= 0.6 is 0 Å². The standard InChI is InChI=1S/C16H33N3O/c1-6-19(7-2)16(20)14(5)17-15-8-10-18(11-9-15)12-13(3)4/h13-15,17H,6-12H2,1-5H3. The van der Waals surface area contributed by atoms with E-state index in [1.165, 1.54) is 6.54 Å². The number of rotatable bonds is 7. The van der Waals surface area contributed by atoms with E-state index in [1.807, 2.05) is 25.7 Å². The highest BCUT2D eigenvalue weighted by Gasteiger charge is 2.24. The SMILES string of the molecule is CCN(CC)C(=O)C(C)NC1CCN(CC(C)C)CC1. The van der Waals surface area contributed by atoms with E-state index < -0.39 is 0 Å². The van der Waals surface area contributed by atoms with E-state index in [1.54, 1.807) is 0 Å². The van der Waals surface area contributed by atoms with Crippen LogP contribution in [0.15, 0.2) is 0 Å². The van der Waals surface area contributed by atoms with E-state index in [4.69, 9.17) is 0 Å². The zero-order chi connectivity index (χ0) is 15.1. The van der Waals surface area contributed by atoms with Crippen molar-refractivity contribution in [3.05, 3.63) is 0 Å². The second kappa shape index (κ2) is 8.63. The summed E-state index contributed by atoms with van der Waals surface area (Å²) in [5, 5.41) is 3.52. The molecule has 118 valence electrons. The molecule has 0 bridgehead atoms. The zero-order valence-electron chi connectivity index (χ0n) is 14.0. The maximum Gasteiger partial charge on any atom is 0.239 e. The smallest absolute Gasteiger partial charge is 0.239 e. The fourth-order valence-electron chi connectivity index (χ4n) is 3.03. The second-order valence-electron chi connectivity index (χ2n) is 6.37. The minimum absolute atomic E-state index is 0.0588. The molecule has 1 rings (SSSR count). The van der Waals surface area contributed by atoms with Crippen molar-refractivity contribution in [2.75, 3.05) is 32.7 Å². The number of amides is 1. The zero-order valence-corrected chi connectivity index (χ0v) is 14.0. The van der Waals surface area contributed by atoms with Crippen LogP contribution in [-0.2, 0) is 4.79 Å². The Morgan fingerprint density at radius 2 is 1.75 bits per heavy atom. The predicted octanol–water partition coefficient (Wildman–Crippen LogP) is 1.95. The van der Waals surface area contributed by atoms with E-state index >= 15 is 0 Å². The molecule has 0 aliphatic carbocycles. The van der Waals surface area contributed by atoms with Crippen molar-refractivity contribution >= 4 is 5.91 Å². The van der Waals surface area contributed by atoms with Crippen LogP contribution in [0.25, 0.3) is 0 Å². The molecular formula is C16H33N3O. The largest absolute Gasteiger partial charge is 0.342 e. The molecule has 1 fully saturated rings. The average Bonchev–Trinajstić information content (AvgIpc) is 2.41. The van der Waals surface area contributed by atoms with Crippen molar-refractivity contribution < 1.29 is 4.79 Å². The van der Waals surface area contributed by atoms with E-state index in [-0.39, 0.29) is 11.9 Å². The molecule has 1 heterocycles. The van der Waals surface area contributed by atoms with E-state index in [0.717, 1.165) is 44.9 Å². The summed E-state index contributed by atoms with van der Waals surface area (Å²) in [6.45, 7) is 15.7. The molecule has 1 aliphatic heterocycles. The third-order valence-electron chi connectivity index (χ3n) is 4.14. The maximum atomic E-state index is 12.2. The molecule has 1 unspecified atom stereocenters. The maximum absolute atomic E-state index is 12.2. The topological polar surface area (TPSA) is 35.6 Å². The molecule has 0 saturated carbocycles. The van der Waals surface area contributed by atoms with Crippen LogP contribution in [0.2, 0.25) is 0 Å². The summed E-state index contributed by atoms with van der Waals surface area (Å²) in [7, 11) is 0. The Kier molecular flexibility index (Phi) is 7.52. The molecule has 4 nitrogen and oxygen atoms in total. The summed E-state index contributed by atoms with van der Waals surface area (Å²) in [6.07, 6.45) is 2.31. The van der Waals surface area contributed by atoms with Gasteiger partial charge in [0.2, 0.25) is 5.91 Å². The molecular weight excluding hydrogens is 250 g/mol. The van der Waals surface area contributed by atoms with Gasteiger partial charge in [-0.2, -0.15) is 0 Å². The molecule has 1 saturated heterocycles. The van der Waals surface area contributed by atoms with Crippen molar-refractivity contribution in [2.24, 2.45) is 5.92 Å². The molecule has 20 heavy (non-hydrogen) atoms. The fourth-order valence-corrected chi connectivity index (χ4v) is 3.03. The number of nitrogens with one attached hydrogen (secondary N) is 1. The fraction of sp³-hybridized carbons (Fsp3) is 0.938. The van der Waals surface area contributed by atoms with Crippen LogP contribution in [0.1, 0.15) is 47.5 Å². The van der Waals surface area contributed by atoms with E-state index in [0.29, 0.717) is 6.04 Å². The molecule has 1 aliphatic rings. The van der Waals surface area contributed by atoms with Crippen molar-refractivity contribution in [3.8, 4) is 0 Å². The lowest BCUT2D eigenvalue weighted by atomic mass is 10.0. The molecule has 4 heteroatoms. The quantitative estimate of drug-likeness (QED) is 0.776. The first kappa shape index (κ1) is 17.4. The van der Waals surface area contributed by atoms with Gasteiger partial charge in [-0.05, 0) is 52.6 Å². The Labute approximate surface area is 124 Å². The normalized spacial score (nSPS) is 19.3. The van der Waals surface area contributed by atoms with Crippen LogP contribution in [0.3, 0.4) is 0 Å². The lowest BCUT2D eigenvalue weighted by Crippen LogP contribution is -2.51. The lowest BCUT2D eigenvalue weighted by Gasteiger charge is -2.35. The van der Waals surface area contributed by atoms with Gasteiger partial charge in [0.05, 0.1) is 6.04 Å². The first-order chi connectivity index (χ1) is 9.47. The van der Waals surface area contributed by atoms with Crippen LogP contribution in [0, 0.1) is 5.92 Å². The van der Waals surface area contributed by atoms with Gasteiger partial charge >= 0.3 is 0 Å². The van der Waals surface area contributed by atoms with Gasteiger partial charge in [0, 0.05) is 25.7 Å². The van der Waals surface area contributed by atoms with Crippen molar-refractivity contribution in [1.29, 1.82) is 0 Å². The third-order valence-corrected chi connectivity index (χ3v) is 4.14. The minimum atomic E-state index is -0.0588. The number of hydrogen-bond acceptors (Lipinski definition) is 3. The highest BCUT2D eigenvalue weighted by Crippen LogP contribution is 2.13. The number of nitrogens with zero attached hydrogens (tertiary/aromatic N) is 2. The van der Waals surface area contributed by atoms with Crippen LogP contribution < -0.4 is 5.32 Å². The number of hydrogen-bond donors (Lipinski definition) is 1. The van der Waals surface area contributed by atoms with Crippen molar-refractivity contribution in [1.82, 2.24) is 15.1 Å². The Bertz CT molecular complexity index is 281. The molecule has 1 amide bonds. The van der Waals surface area contributed by atoms with Gasteiger partial charge in [-0.15, -0.1) is 0 Å². The van der Waals surface area contributed by atoms with E-state index in [2.05, 4.69) is 24.1 Å². The summed E-state index contributed by atoms with van der Waals surface area (Å²) in [6, 6.07) is 0.435. The van der Waals surface area contributed by atoms with E-state index in [9.17, 15) is 4.79 Å². The van der Waals surface area contributed by atoms with Crippen LogP contribution in [-0.4, -0.2) is 60.5 Å². The predicted molar refractivity (Wildman–Crippen MR) is 84.8 cm³/mol. The Morgan fingerprint density at radius 3 is 2.20 bits per heavy atom. The van der Waals surface area contributed by atoms with Crippen molar-refractivity contribution in [3.63, 3.8) is 0 Å². The number of likely N-dealkylation sites (tertiary alicyclic amines) is 1. The molecule has 0 aromatic heterocycles. The van der Waals surface area contributed by atoms with Gasteiger partial charge in [0.25, 0.3) is 0 Å². The molecule has 0 aromatic rings. The van der Waals surface area contributed by atoms with Gasteiger partial charge in [-0.1, -0.05) is 13.8 Å². The molecule has 0 spiro atoms. The summed E-state index contributed by atoms with van der Waals surface area (Å²) in [5.74, 6) is 0.974. The average molecular weight is 283 g/mol. The Balaban J connectivity index is 2.34. The highest BCUT2D eigenvalue weighted by molar-refractivity contribution is 5.81. The Morgan fingerprint density at radius 1 is 1.20 bits per heavy atom. The number of carbonyl (C=O) groups is 1. The molecule has 0 radical (unpaired) electrons. The molecule has 0 aromatic carbocycles. The van der Waals surface area contributed by atoms with Gasteiger partial charge in [0.1, 0.15) is 0 Å². The van der Waals surface area contributed by atoms with Gasteiger partial charge in [-0.3, -0.25) is 4.79 Å². The minimum Gasteiger partial charge on any atom is -0.342 e. The number of carbonyl (C=O) groups excluding carboxylic acids is 1. The first-order valence-corrected chi connectivity index (χ1v) is 8.25. The van der Waals surface area contributed by atoms with Gasteiger partial charge in [-0.25, -0.2) is 0 Å². The summed E-state index contributed by atoms with van der Waals surface area (Å²) in [5.41, 5.74) is 0. The second-order valence-corrected chi connectivity index (χ2v) is 6.37. The monoisotopic (exact) mass is 283 g/mol. The van der Waals surface area contributed by atoms with Crippen molar-refractivity contribution in [2.45, 2.75) is 59.5 Å². The number of likely N-dealkylation sites (N-methyl/N-ethyl adjacent to an activating group) is 1. The summed E-state index contributed by atoms with van der Waals surface area (Å²) >= 11 is 0. The number of piperidine rings is 1. The van der Waals surface area contributed by atoms with Gasteiger partial charge in [0.15, 0.2) is 0 Å². The first-order valence-electron chi connectivity index (χ1n) is 8.25. The summed E-state index contributed by atoms with van der Waals surface area (Å²) < 4.78 is 0. The lowest BCUT2D eigenvalue weighted by molar-refractivity contribution is -0.132. The highest BCUT2D eigenvalue weighted by atomic mass is 16.2. The van der Waals surface area contributed by atoms with Gasteiger partial charge < -0.3 is 15.1 Å². The Hall–Kier alpha value is -0.610. The molecule has 1 N–H and O–H groups in total. The third kappa shape index (κ3) is 5.41.